The van der Waals surface area contributed by atoms with Gasteiger partial charge in [0.05, 0.1) is 33.0 Å². The summed E-state index contributed by atoms with van der Waals surface area (Å²) >= 11 is 3.44. The summed E-state index contributed by atoms with van der Waals surface area (Å²) in [4.78, 5) is 15.0. The molecule has 126 valence electrons. The molecule has 1 heterocycles. The summed E-state index contributed by atoms with van der Waals surface area (Å²) < 4.78 is 17.3. The number of rotatable bonds is 3. The summed E-state index contributed by atoms with van der Waals surface area (Å²) in [7, 11) is 3.17. The Morgan fingerprint density at radius 3 is 2.52 bits per heavy atom. The third kappa shape index (κ3) is 3.19. The van der Waals surface area contributed by atoms with Crippen molar-refractivity contribution in [1.82, 2.24) is 4.90 Å². The van der Waals surface area contributed by atoms with E-state index >= 15 is 0 Å². The Labute approximate surface area is 145 Å². The summed E-state index contributed by atoms with van der Waals surface area (Å²) in [5, 5.41) is 0. The second kappa shape index (κ2) is 7.09. The number of carbonyl (C=O) groups excluding carboxylic acids is 1. The zero-order chi connectivity index (χ0) is 16.4. The molecule has 1 aromatic carbocycles. The third-order valence-corrected chi connectivity index (χ3v) is 5.47. The molecule has 6 heteroatoms. The van der Waals surface area contributed by atoms with Gasteiger partial charge in [0.2, 0.25) is 0 Å². The van der Waals surface area contributed by atoms with Gasteiger partial charge in [0.1, 0.15) is 16.0 Å². The highest BCUT2D eigenvalue weighted by Gasteiger charge is 2.37. The zero-order valence-corrected chi connectivity index (χ0v) is 15.1. The van der Waals surface area contributed by atoms with Crippen molar-refractivity contribution in [1.29, 1.82) is 0 Å². The van der Waals surface area contributed by atoms with E-state index in [2.05, 4.69) is 15.9 Å². The van der Waals surface area contributed by atoms with Crippen LogP contribution in [0.4, 0.5) is 0 Å². The summed E-state index contributed by atoms with van der Waals surface area (Å²) in [5.74, 6) is 1.22. The van der Waals surface area contributed by atoms with Crippen molar-refractivity contribution >= 4 is 21.8 Å². The number of ether oxygens (including phenoxy) is 3. The van der Waals surface area contributed by atoms with Gasteiger partial charge in [-0.2, -0.15) is 0 Å². The van der Waals surface area contributed by atoms with Crippen molar-refractivity contribution in [3.05, 3.63) is 22.2 Å². The highest BCUT2D eigenvalue weighted by Crippen LogP contribution is 2.37. The van der Waals surface area contributed by atoms with E-state index in [1.807, 2.05) is 4.90 Å². The molecule has 0 spiro atoms. The molecule has 1 aliphatic carbocycles. The lowest BCUT2D eigenvalue weighted by Crippen LogP contribution is -2.54. The number of methoxy groups -OCH3 is 2. The number of carbonyl (C=O) groups is 1. The van der Waals surface area contributed by atoms with E-state index in [4.69, 9.17) is 14.2 Å². The molecule has 1 aromatic rings. The van der Waals surface area contributed by atoms with Gasteiger partial charge in [0, 0.05) is 12.1 Å². The van der Waals surface area contributed by atoms with Gasteiger partial charge >= 0.3 is 0 Å². The average Bonchev–Trinajstić information content (AvgIpc) is 2.60. The van der Waals surface area contributed by atoms with Crippen LogP contribution in [0.15, 0.2) is 16.6 Å². The molecule has 1 amide bonds. The van der Waals surface area contributed by atoms with E-state index in [1.165, 1.54) is 6.42 Å². The Balaban J connectivity index is 1.90. The summed E-state index contributed by atoms with van der Waals surface area (Å²) in [5.41, 5.74) is 0.591. The molecule has 2 unspecified atom stereocenters. The number of fused-ring (bicyclic) bond motifs is 1. The molecule has 0 radical (unpaired) electrons. The summed E-state index contributed by atoms with van der Waals surface area (Å²) in [6.45, 7) is 1.25. The first kappa shape index (κ1) is 16.6. The van der Waals surface area contributed by atoms with Crippen LogP contribution in [0, 0.1) is 0 Å². The second-order valence-electron chi connectivity index (χ2n) is 5.95. The largest absolute Gasteiger partial charge is 0.495 e. The lowest BCUT2D eigenvalue weighted by molar-refractivity contribution is -0.0752. The van der Waals surface area contributed by atoms with Crippen LogP contribution in [0.25, 0.3) is 0 Å². The number of hydrogen-bond donors (Lipinski definition) is 0. The molecule has 1 aliphatic heterocycles. The lowest BCUT2D eigenvalue weighted by atomic mass is 9.89. The molecule has 3 rings (SSSR count). The van der Waals surface area contributed by atoms with Gasteiger partial charge in [-0.25, -0.2) is 0 Å². The first-order chi connectivity index (χ1) is 11.2. The van der Waals surface area contributed by atoms with Gasteiger partial charge in [-0.15, -0.1) is 0 Å². The van der Waals surface area contributed by atoms with Crippen molar-refractivity contribution in [2.45, 2.75) is 37.8 Å². The van der Waals surface area contributed by atoms with Crippen molar-refractivity contribution < 1.29 is 19.0 Å². The quantitative estimate of drug-likeness (QED) is 0.803. The molecule has 1 saturated carbocycles. The van der Waals surface area contributed by atoms with Gasteiger partial charge in [0.25, 0.3) is 5.91 Å². The molecule has 2 fully saturated rings. The van der Waals surface area contributed by atoms with Crippen LogP contribution in [0.5, 0.6) is 11.5 Å². The van der Waals surface area contributed by atoms with Crippen LogP contribution in [-0.2, 0) is 4.74 Å². The molecule has 0 bridgehead atoms. The zero-order valence-electron chi connectivity index (χ0n) is 13.5. The Morgan fingerprint density at radius 2 is 1.87 bits per heavy atom. The lowest BCUT2D eigenvalue weighted by Gasteiger charge is -2.43. The Hall–Kier alpha value is -1.27. The molecule has 0 N–H and O–H groups in total. The number of halogens is 1. The molecular formula is C17H22BrNO4. The standard InChI is InChI=1S/C17H22BrNO4/c1-21-14-9-11(10-15(22-2)16(14)18)17(20)19-7-8-23-13-6-4-3-5-12(13)19/h9-10,12-13H,3-8H2,1-2H3. The monoisotopic (exact) mass is 383 g/mol. The van der Waals surface area contributed by atoms with E-state index in [0.29, 0.717) is 30.2 Å². The number of hydrogen-bond acceptors (Lipinski definition) is 4. The van der Waals surface area contributed by atoms with Crippen LogP contribution >= 0.6 is 15.9 Å². The fourth-order valence-electron chi connectivity index (χ4n) is 3.51. The number of nitrogens with zero attached hydrogens (tertiary/aromatic N) is 1. The first-order valence-electron chi connectivity index (χ1n) is 7.99. The van der Waals surface area contributed by atoms with Crippen LogP contribution in [0.2, 0.25) is 0 Å². The molecule has 0 aromatic heterocycles. The van der Waals surface area contributed by atoms with Crippen LogP contribution in [-0.4, -0.2) is 50.3 Å². The minimum Gasteiger partial charge on any atom is -0.495 e. The van der Waals surface area contributed by atoms with Crippen LogP contribution in [0.3, 0.4) is 0 Å². The highest BCUT2D eigenvalue weighted by molar-refractivity contribution is 9.10. The fraction of sp³-hybridized carbons (Fsp3) is 0.588. The molecule has 1 saturated heterocycles. The number of morpholine rings is 1. The second-order valence-corrected chi connectivity index (χ2v) is 6.75. The van der Waals surface area contributed by atoms with Crippen molar-refractivity contribution in [3.63, 3.8) is 0 Å². The van der Waals surface area contributed by atoms with Gasteiger partial charge in [-0.3, -0.25) is 4.79 Å². The number of benzene rings is 1. The maximum Gasteiger partial charge on any atom is 0.254 e. The van der Waals surface area contributed by atoms with Gasteiger partial charge < -0.3 is 19.1 Å². The van der Waals surface area contributed by atoms with Crippen molar-refractivity contribution in [3.8, 4) is 11.5 Å². The molecule has 2 atom stereocenters. The number of amides is 1. The predicted octanol–water partition coefficient (Wildman–Crippen LogP) is 3.25. The summed E-state index contributed by atoms with van der Waals surface area (Å²) in [6.07, 6.45) is 4.58. The SMILES string of the molecule is COc1cc(C(=O)N2CCOC3CCCCC32)cc(OC)c1Br. The predicted molar refractivity (Wildman–Crippen MR) is 90.3 cm³/mol. The molecular weight excluding hydrogens is 362 g/mol. The normalized spacial score (nSPS) is 24.0. The average molecular weight is 384 g/mol. The molecule has 5 nitrogen and oxygen atoms in total. The van der Waals surface area contributed by atoms with Crippen LogP contribution < -0.4 is 9.47 Å². The van der Waals surface area contributed by atoms with Gasteiger partial charge in [-0.1, -0.05) is 12.8 Å². The van der Waals surface area contributed by atoms with E-state index in [9.17, 15) is 4.79 Å². The van der Waals surface area contributed by atoms with E-state index in [0.717, 1.165) is 23.7 Å². The topological polar surface area (TPSA) is 48.0 Å². The highest BCUT2D eigenvalue weighted by atomic mass is 79.9. The third-order valence-electron chi connectivity index (χ3n) is 4.69. The summed E-state index contributed by atoms with van der Waals surface area (Å²) in [6, 6.07) is 3.72. The van der Waals surface area contributed by atoms with E-state index in [1.54, 1.807) is 26.4 Å². The molecule has 2 aliphatic rings. The Morgan fingerprint density at radius 1 is 1.22 bits per heavy atom. The van der Waals surface area contributed by atoms with Crippen molar-refractivity contribution in [2.24, 2.45) is 0 Å². The first-order valence-corrected chi connectivity index (χ1v) is 8.79. The van der Waals surface area contributed by atoms with E-state index in [-0.39, 0.29) is 18.1 Å². The maximum atomic E-state index is 13.0. The minimum atomic E-state index is 0.0225. The van der Waals surface area contributed by atoms with Crippen LogP contribution in [0.1, 0.15) is 36.0 Å². The van der Waals surface area contributed by atoms with Gasteiger partial charge in [0.15, 0.2) is 0 Å². The molecule has 23 heavy (non-hydrogen) atoms. The van der Waals surface area contributed by atoms with E-state index < -0.39 is 0 Å². The smallest absolute Gasteiger partial charge is 0.254 e. The minimum absolute atomic E-state index is 0.0225. The van der Waals surface area contributed by atoms with Gasteiger partial charge in [-0.05, 0) is 40.9 Å². The Bertz CT molecular complexity index is 565. The Kier molecular flexibility index (Phi) is 5.11. The fourth-order valence-corrected chi connectivity index (χ4v) is 4.06. The van der Waals surface area contributed by atoms with Crippen molar-refractivity contribution in [2.75, 3.05) is 27.4 Å². The maximum absolute atomic E-state index is 13.0.